The molecule has 9 heteroatoms. The molecule has 4 rings (SSSR count). The van der Waals surface area contributed by atoms with Crippen LogP contribution in [-0.4, -0.2) is 22.0 Å². The second-order valence-electron chi connectivity index (χ2n) is 8.19. The molecule has 0 unspecified atom stereocenters. The van der Waals surface area contributed by atoms with Gasteiger partial charge < -0.3 is 9.73 Å². The third kappa shape index (κ3) is 4.10. The van der Waals surface area contributed by atoms with E-state index in [4.69, 9.17) is 4.42 Å². The van der Waals surface area contributed by atoms with E-state index in [9.17, 15) is 22.8 Å². The zero-order valence-electron chi connectivity index (χ0n) is 17.4. The first-order chi connectivity index (χ1) is 15.1. The van der Waals surface area contributed by atoms with Crippen LogP contribution in [-0.2, 0) is 22.9 Å². The summed E-state index contributed by atoms with van der Waals surface area (Å²) in [6, 6.07) is 12.1. The van der Waals surface area contributed by atoms with Crippen LogP contribution in [0.3, 0.4) is 0 Å². The summed E-state index contributed by atoms with van der Waals surface area (Å²) in [5.74, 6) is -0.468. The van der Waals surface area contributed by atoms with E-state index in [1.165, 1.54) is 12.4 Å². The van der Waals surface area contributed by atoms with Crippen LogP contribution in [0.5, 0.6) is 0 Å². The number of carbonyl (C=O) groups excluding carboxylic acids is 1. The van der Waals surface area contributed by atoms with Gasteiger partial charge in [0.15, 0.2) is 0 Å². The first-order valence-corrected chi connectivity index (χ1v) is 9.87. The molecule has 0 saturated heterocycles. The maximum Gasteiger partial charge on any atom is 0.416 e. The average Bonchev–Trinajstić information content (AvgIpc) is 3.13. The second kappa shape index (κ2) is 7.81. The van der Waals surface area contributed by atoms with Gasteiger partial charge in [0.25, 0.3) is 5.56 Å². The minimum Gasteiger partial charge on any atom is -0.448 e. The van der Waals surface area contributed by atoms with Crippen LogP contribution in [0.2, 0.25) is 0 Å². The Labute approximate surface area is 180 Å². The molecule has 0 aliphatic rings. The summed E-state index contributed by atoms with van der Waals surface area (Å²) in [4.78, 5) is 29.5. The van der Waals surface area contributed by atoms with E-state index < -0.39 is 28.6 Å². The van der Waals surface area contributed by atoms with Gasteiger partial charge in [0.05, 0.1) is 11.9 Å². The molecule has 0 fully saturated rings. The number of rotatable bonds is 5. The fraction of sp³-hybridized carbons (Fsp3) is 0.261. The highest BCUT2D eigenvalue weighted by atomic mass is 19.4. The zero-order chi connectivity index (χ0) is 23.1. The maximum absolute atomic E-state index is 13.0. The van der Waals surface area contributed by atoms with Crippen LogP contribution in [0.1, 0.15) is 25.0 Å². The number of nitrogens with zero attached hydrogens (tertiary/aromatic N) is 2. The Bertz CT molecular complexity index is 1370. The molecule has 1 amide bonds. The van der Waals surface area contributed by atoms with Gasteiger partial charge in [-0.1, -0.05) is 44.2 Å². The van der Waals surface area contributed by atoms with E-state index in [1.54, 1.807) is 38.1 Å². The lowest BCUT2D eigenvalue weighted by atomic mass is 9.83. The summed E-state index contributed by atoms with van der Waals surface area (Å²) in [6.07, 6.45) is -3.16. The molecule has 0 saturated carbocycles. The minimum absolute atomic E-state index is 0.0609. The summed E-state index contributed by atoms with van der Waals surface area (Å²) < 4.78 is 45.8. The van der Waals surface area contributed by atoms with E-state index in [2.05, 4.69) is 10.3 Å². The fourth-order valence-corrected chi connectivity index (χ4v) is 3.48. The molecule has 2 aromatic carbocycles. The number of para-hydroxylation sites is 1. The van der Waals surface area contributed by atoms with Crippen LogP contribution >= 0.6 is 0 Å². The van der Waals surface area contributed by atoms with E-state index in [1.807, 2.05) is 6.07 Å². The summed E-state index contributed by atoms with van der Waals surface area (Å²) in [5, 5.41) is 3.40. The molecule has 6 nitrogen and oxygen atoms in total. The van der Waals surface area contributed by atoms with Crippen molar-refractivity contribution in [3.8, 4) is 0 Å². The lowest BCUT2D eigenvalue weighted by Gasteiger charge is -2.26. The van der Waals surface area contributed by atoms with Crippen LogP contribution < -0.4 is 10.9 Å². The Morgan fingerprint density at radius 1 is 1.09 bits per heavy atom. The lowest BCUT2D eigenvalue weighted by molar-refractivity contribution is -0.137. The van der Waals surface area contributed by atoms with Crippen molar-refractivity contribution in [2.45, 2.75) is 32.0 Å². The van der Waals surface area contributed by atoms with Crippen molar-refractivity contribution in [3.63, 3.8) is 0 Å². The standard InChI is InChI=1S/C23H20F3N3O3/c1-22(2,14-6-5-7-15(10-14)23(24,25)26)12-27-18(30)11-29-13-28-19-16-8-3-4-9-17(16)32-20(19)21(29)31/h3-10,13H,11-12H2,1-2H3,(H,27,30). The predicted molar refractivity (Wildman–Crippen MR) is 113 cm³/mol. The van der Waals surface area contributed by atoms with Crippen molar-refractivity contribution in [2.75, 3.05) is 6.54 Å². The van der Waals surface area contributed by atoms with Gasteiger partial charge in [-0.3, -0.25) is 14.2 Å². The molecule has 2 aromatic heterocycles. The number of furan rings is 1. The highest BCUT2D eigenvalue weighted by molar-refractivity contribution is 6.01. The molecule has 0 spiro atoms. The summed E-state index contributed by atoms with van der Waals surface area (Å²) in [6.45, 7) is 3.26. The first kappa shape index (κ1) is 21.6. The summed E-state index contributed by atoms with van der Waals surface area (Å²) in [7, 11) is 0. The Morgan fingerprint density at radius 3 is 2.56 bits per heavy atom. The van der Waals surface area contributed by atoms with Crippen LogP contribution in [0, 0.1) is 0 Å². The van der Waals surface area contributed by atoms with Gasteiger partial charge in [-0.2, -0.15) is 13.2 Å². The number of alkyl halides is 3. The van der Waals surface area contributed by atoms with Crippen molar-refractivity contribution < 1.29 is 22.4 Å². The molecule has 0 aliphatic heterocycles. The van der Waals surface area contributed by atoms with Crippen molar-refractivity contribution in [2.24, 2.45) is 0 Å². The molecule has 4 aromatic rings. The second-order valence-corrected chi connectivity index (χ2v) is 8.19. The molecule has 2 heterocycles. The van der Waals surface area contributed by atoms with Gasteiger partial charge >= 0.3 is 6.18 Å². The molecule has 0 atom stereocenters. The number of amides is 1. The zero-order valence-corrected chi connectivity index (χ0v) is 17.4. The van der Waals surface area contributed by atoms with E-state index in [0.29, 0.717) is 22.0 Å². The third-order valence-corrected chi connectivity index (χ3v) is 5.36. The Kier molecular flexibility index (Phi) is 5.28. The van der Waals surface area contributed by atoms with Gasteiger partial charge in [-0.05, 0) is 23.8 Å². The van der Waals surface area contributed by atoms with Gasteiger partial charge in [-0.15, -0.1) is 0 Å². The number of carbonyl (C=O) groups is 1. The number of nitrogens with one attached hydrogen (secondary N) is 1. The van der Waals surface area contributed by atoms with E-state index in [-0.39, 0.29) is 18.7 Å². The quantitative estimate of drug-likeness (QED) is 0.500. The number of halogens is 3. The highest BCUT2D eigenvalue weighted by Gasteiger charge is 2.32. The number of benzene rings is 2. The van der Waals surface area contributed by atoms with Gasteiger partial charge in [0.1, 0.15) is 17.6 Å². The molecule has 0 radical (unpaired) electrons. The van der Waals surface area contributed by atoms with Gasteiger partial charge in [0.2, 0.25) is 11.5 Å². The highest BCUT2D eigenvalue weighted by Crippen LogP contribution is 2.32. The van der Waals surface area contributed by atoms with Crippen LogP contribution in [0.25, 0.3) is 22.1 Å². The molecule has 32 heavy (non-hydrogen) atoms. The monoisotopic (exact) mass is 443 g/mol. The minimum atomic E-state index is -4.45. The van der Waals surface area contributed by atoms with E-state index >= 15 is 0 Å². The molecule has 166 valence electrons. The smallest absolute Gasteiger partial charge is 0.416 e. The SMILES string of the molecule is CC(C)(CNC(=O)Cn1cnc2c(oc3ccccc32)c1=O)c1cccc(C(F)(F)F)c1. The summed E-state index contributed by atoms with van der Waals surface area (Å²) in [5.41, 5.74) is -0.543. The number of fused-ring (bicyclic) bond motifs is 3. The number of hydrogen-bond donors (Lipinski definition) is 1. The fourth-order valence-electron chi connectivity index (χ4n) is 3.48. The predicted octanol–water partition coefficient (Wildman–Crippen LogP) is 4.26. The normalized spacial score (nSPS) is 12.4. The third-order valence-electron chi connectivity index (χ3n) is 5.36. The molecule has 1 N–H and O–H groups in total. The largest absolute Gasteiger partial charge is 0.448 e. The maximum atomic E-state index is 13.0. The number of aromatic nitrogens is 2. The first-order valence-electron chi connectivity index (χ1n) is 9.87. The molecular weight excluding hydrogens is 423 g/mol. The average molecular weight is 443 g/mol. The van der Waals surface area contributed by atoms with Crippen LogP contribution in [0.4, 0.5) is 13.2 Å². The molecule has 0 bridgehead atoms. The Morgan fingerprint density at radius 2 is 1.81 bits per heavy atom. The van der Waals surface area contributed by atoms with Crippen molar-refractivity contribution in [1.82, 2.24) is 14.9 Å². The van der Waals surface area contributed by atoms with Gasteiger partial charge in [-0.25, -0.2) is 4.98 Å². The molecule has 0 aliphatic carbocycles. The van der Waals surface area contributed by atoms with Crippen molar-refractivity contribution in [1.29, 1.82) is 0 Å². The van der Waals surface area contributed by atoms with E-state index in [0.717, 1.165) is 16.7 Å². The van der Waals surface area contributed by atoms with Crippen molar-refractivity contribution >= 4 is 28.0 Å². The molecular formula is C23H20F3N3O3. The Balaban J connectivity index is 1.49. The lowest BCUT2D eigenvalue weighted by Crippen LogP contribution is -2.39. The Hall–Kier alpha value is -3.62. The van der Waals surface area contributed by atoms with Crippen LogP contribution in [0.15, 0.2) is 64.1 Å². The van der Waals surface area contributed by atoms with Gasteiger partial charge in [0, 0.05) is 17.3 Å². The number of hydrogen-bond acceptors (Lipinski definition) is 4. The topological polar surface area (TPSA) is 77.1 Å². The van der Waals surface area contributed by atoms with Crippen molar-refractivity contribution in [3.05, 3.63) is 76.3 Å². The summed E-state index contributed by atoms with van der Waals surface area (Å²) >= 11 is 0.